The Morgan fingerprint density at radius 2 is 2.04 bits per heavy atom. The van der Waals surface area contributed by atoms with Crippen LogP contribution in [0.1, 0.15) is 62.3 Å². The zero-order chi connectivity index (χ0) is 26.3. The number of aliphatic hydroxyl groups is 1. The molecule has 1 fully saturated rings. The molecule has 1 aromatic rings. The van der Waals surface area contributed by atoms with Crippen molar-refractivity contribution < 1.29 is 25.6 Å². The first-order chi connectivity index (χ1) is 16.2. The van der Waals surface area contributed by atoms with Crippen molar-refractivity contribution in [3.8, 4) is 11.8 Å². The predicted molar refractivity (Wildman–Crippen MR) is 103 cm³/mol. The van der Waals surface area contributed by atoms with Crippen LogP contribution in [0.4, 0.5) is 0 Å². The molecule has 0 bridgehead atoms. The number of esters is 1. The fraction of sp³-hybridized carbons (Fsp3) is 0.591. The maximum atomic E-state index is 13.3. The maximum absolute atomic E-state index is 13.3. The van der Waals surface area contributed by atoms with E-state index in [2.05, 4.69) is 11.8 Å². The zero-order valence-electron chi connectivity index (χ0n) is 23.8. The number of hydrogen-bond acceptors (Lipinski definition) is 4. The van der Waals surface area contributed by atoms with Gasteiger partial charge in [-0.15, -0.1) is 0 Å². The summed E-state index contributed by atoms with van der Waals surface area (Å²) in [5.41, 5.74) is -1.44. The third-order valence-electron chi connectivity index (χ3n) is 4.72. The number of carbonyl (C=O) groups excluding carboxylic acids is 1. The second-order valence-corrected chi connectivity index (χ2v) is 6.38. The van der Waals surface area contributed by atoms with E-state index in [-0.39, 0.29) is 12.5 Å². The lowest BCUT2D eigenvalue weighted by molar-refractivity contribution is -0.174. The van der Waals surface area contributed by atoms with E-state index in [1.807, 2.05) is 0 Å². The Balaban J connectivity index is 2.25. The van der Waals surface area contributed by atoms with Gasteiger partial charge in [0.05, 0.1) is 9.29 Å². The molecule has 0 aromatic heterocycles. The lowest BCUT2D eigenvalue weighted by Gasteiger charge is -2.36. The number of carbonyl (C=O) groups is 1. The van der Waals surface area contributed by atoms with E-state index in [0.717, 1.165) is 24.2 Å². The van der Waals surface area contributed by atoms with Gasteiger partial charge >= 0.3 is 5.97 Å². The van der Waals surface area contributed by atoms with Crippen molar-refractivity contribution in [2.24, 2.45) is 5.92 Å². The Hall–Kier alpha value is -1.83. The molecule has 1 aliphatic carbocycles. The molecule has 1 atom stereocenters. The van der Waals surface area contributed by atoms with Crippen LogP contribution in [0.15, 0.2) is 30.3 Å². The minimum Gasteiger partial charge on any atom is -0.450 e. The highest BCUT2D eigenvalue weighted by Gasteiger charge is 2.46. The quantitative estimate of drug-likeness (QED) is 0.566. The van der Waals surface area contributed by atoms with Crippen LogP contribution in [0.25, 0.3) is 0 Å². The summed E-state index contributed by atoms with van der Waals surface area (Å²) in [4.78, 5) is 14.4. The molecule has 1 N–H and O–H groups in total. The molecule has 4 heteroatoms. The highest BCUT2D eigenvalue weighted by Crippen LogP contribution is 2.40. The van der Waals surface area contributed by atoms with Crippen molar-refractivity contribution in [2.45, 2.75) is 51.4 Å². The summed E-state index contributed by atoms with van der Waals surface area (Å²) >= 11 is 0. The lowest BCUT2D eigenvalue weighted by Crippen LogP contribution is -2.45. The standard InChI is InChI=1S/C22H31NO3/c1-3-23(4-2)17-11-12-18-26-21(24)22(25,19-13-7-5-8-14-19)20-15-9-6-10-16-20/h5,7-8,13-14,20,25H,3-4,6,9-10,15-18H2,1-2H3/i1D3,2D3,18D2,25D. The molecule has 1 aliphatic rings. The van der Waals surface area contributed by atoms with E-state index < -0.39 is 44.9 Å². The minimum atomic E-state index is -2.78. The van der Waals surface area contributed by atoms with Gasteiger partial charge in [0.2, 0.25) is 1.43 Å². The molecule has 0 heterocycles. The topological polar surface area (TPSA) is 49.8 Å². The highest BCUT2D eigenvalue weighted by atomic mass is 16.5. The van der Waals surface area contributed by atoms with Crippen LogP contribution in [-0.2, 0) is 15.1 Å². The van der Waals surface area contributed by atoms with Crippen molar-refractivity contribution in [1.29, 1.82) is 1.43 Å². The van der Waals surface area contributed by atoms with Crippen molar-refractivity contribution >= 4 is 5.97 Å². The van der Waals surface area contributed by atoms with Crippen LogP contribution in [0, 0.1) is 17.8 Å². The monoisotopic (exact) mass is 366 g/mol. The first-order valence-corrected chi connectivity index (χ1v) is 8.84. The Morgan fingerprint density at radius 3 is 2.69 bits per heavy atom. The van der Waals surface area contributed by atoms with Crippen LogP contribution >= 0.6 is 0 Å². The molecule has 0 spiro atoms. The van der Waals surface area contributed by atoms with Gasteiger partial charge in [-0.2, -0.15) is 0 Å². The summed E-state index contributed by atoms with van der Waals surface area (Å²) in [5, 5.41) is 5.05. The van der Waals surface area contributed by atoms with E-state index in [0.29, 0.717) is 18.4 Å². The van der Waals surface area contributed by atoms with Gasteiger partial charge in [-0.25, -0.2) is 4.79 Å². The molecule has 0 radical (unpaired) electrons. The summed E-state index contributed by atoms with van der Waals surface area (Å²) in [6.07, 6.45) is 3.88. The van der Waals surface area contributed by atoms with E-state index >= 15 is 0 Å². The van der Waals surface area contributed by atoms with Crippen molar-refractivity contribution in [3.05, 3.63) is 35.9 Å². The van der Waals surface area contributed by atoms with Gasteiger partial charge in [-0.1, -0.05) is 75.1 Å². The van der Waals surface area contributed by atoms with E-state index in [9.17, 15) is 4.79 Å². The normalized spacial score (nSPS) is 23.8. The minimum absolute atomic E-state index is 0.352. The third kappa shape index (κ3) is 5.09. The molecule has 0 aliphatic heterocycles. The van der Waals surface area contributed by atoms with Crippen LogP contribution in [0.3, 0.4) is 0 Å². The molecule has 1 unspecified atom stereocenters. The summed E-state index contributed by atoms with van der Waals surface area (Å²) < 4.78 is 73.3. The predicted octanol–water partition coefficient (Wildman–Crippen LogP) is 3.34. The average molecular weight is 367 g/mol. The van der Waals surface area contributed by atoms with Crippen LogP contribution in [0.2, 0.25) is 0 Å². The number of rotatable bonds is 8. The summed E-state index contributed by atoms with van der Waals surface area (Å²) in [7, 11) is 0. The molecule has 1 aromatic carbocycles. The molecule has 1 saturated carbocycles. The van der Waals surface area contributed by atoms with Crippen molar-refractivity contribution in [1.82, 2.24) is 4.90 Å². The Bertz CT molecular complexity index is 871. The van der Waals surface area contributed by atoms with E-state index in [1.165, 1.54) is 0 Å². The Kier molecular flexibility index (Phi) is 4.42. The fourth-order valence-electron chi connectivity index (χ4n) is 3.22. The molecular weight excluding hydrogens is 326 g/mol. The van der Waals surface area contributed by atoms with Crippen LogP contribution in [0.5, 0.6) is 0 Å². The van der Waals surface area contributed by atoms with Gasteiger partial charge in [0, 0.05) is 14.1 Å². The molecule has 4 nitrogen and oxygen atoms in total. The SMILES string of the molecule is [2H]OC(C(=O)OC([2H])([2H])C#CCN(CC([2H])([2H])[2H])CC([2H])([2H])[2H])(c1ccccc1)C1CCCCC1. The maximum Gasteiger partial charge on any atom is 0.344 e. The highest BCUT2D eigenvalue weighted by molar-refractivity contribution is 5.81. The molecule has 0 amide bonds. The average Bonchev–Trinajstić information content (AvgIpc) is 2.73. The molecule has 0 saturated heterocycles. The van der Waals surface area contributed by atoms with Gasteiger partial charge in [-0.3, -0.25) is 4.90 Å². The second-order valence-electron chi connectivity index (χ2n) is 6.38. The number of ether oxygens (including phenoxy) is 1. The van der Waals surface area contributed by atoms with E-state index in [1.54, 1.807) is 30.3 Å². The van der Waals surface area contributed by atoms with Gasteiger partial charge in [0.15, 0.2) is 12.2 Å². The number of benzene rings is 1. The van der Waals surface area contributed by atoms with Gasteiger partial charge in [0.1, 0.15) is 0 Å². The van der Waals surface area contributed by atoms with Crippen LogP contribution in [-0.4, -0.2) is 43.6 Å². The fourth-order valence-corrected chi connectivity index (χ4v) is 3.22. The zero-order valence-corrected chi connectivity index (χ0v) is 14.8. The van der Waals surface area contributed by atoms with Gasteiger partial charge in [0.25, 0.3) is 0 Å². The second kappa shape index (κ2) is 10.4. The van der Waals surface area contributed by atoms with Crippen LogP contribution < -0.4 is 0 Å². The Labute approximate surface area is 170 Å². The summed E-state index contributed by atoms with van der Waals surface area (Å²) in [5.74, 6) is 3.09. The first kappa shape index (κ1) is 11.1. The van der Waals surface area contributed by atoms with Gasteiger partial charge in [-0.05, 0) is 31.5 Å². The molecular formula is C22H31NO3. The lowest BCUT2D eigenvalue weighted by atomic mass is 9.73. The molecule has 2 rings (SSSR count). The first-order valence-electron chi connectivity index (χ1n) is 13.2. The van der Waals surface area contributed by atoms with E-state index in [4.69, 9.17) is 22.2 Å². The summed E-state index contributed by atoms with van der Waals surface area (Å²) in [6, 6.07) is 8.40. The largest absolute Gasteiger partial charge is 0.450 e. The third-order valence-corrected chi connectivity index (χ3v) is 4.72. The number of nitrogens with zero attached hydrogens (tertiary/aromatic N) is 1. The number of hydrogen-bond donors (Lipinski definition) is 1. The molecule has 26 heavy (non-hydrogen) atoms. The molecule has 142 valence electrons. The summed E-state index contributed by atoms with van der Waals surface area (Å²) in [6.45, 7) is -9.09. The van der Waals surface area contributed by atoms with Crippen molar-refractivity contribution in [3.63, 3.8) is 0 Å². The smallest absolute Gasteiger partial charge is 0.344 e. The van der Waals surface area contributed by atoms with Crippen molar-refractivity contribution in [2.75, 3.05) is 26.2 Å². The van der Waals surface area contributed by atoms with Gasteiger partial charge < -0.3 is 9.85 Å². The Morgan fingerprint density at radius 1 is 1.31 bits per heavy atom.